The Morgan fingerprint density at radius 2 is 2.25 bits per heavy atom. The van der Waals surface area contributed by atoms with Crippen molar-refractivity contribution in [3.05, 3.63) is 0 Å². The van der Waals surface area contributed by atoms with Crippen LogP contribution in [0.15, 0.2) is 0 Å². The average Bonchev–Trinajstić information content (AvgIpc) is 2.59. The summed E-state index contributed by atoms with van der Waals surface area (Å²) in [7, 11) is 0. The van der Waals surface area contributed by atoms with Gasteiger partial charge in [-0.3, -0.25) is 9.59 Å². The quantitative estimate of drug-likeness (QED) is 0.684. The van der Waals surface area contributed by atoms with Crippen LogP contribution in [0.1, 0.15) is 33.1 Å². The van der Waals surface area contributed by atoms with Gasteiger partial charge in [-0.25, -0.2) is 0 Å². The third-order valence-corrected chi connectivity index (χ3v) is 4.71. The molecule has 0 saturated heterocycles. The number of carbonyl (C=O) groups excluding carboxylic acids is 2. The predicted octanol–water partition coefficient (Wildman–Crippen LogP) is 0.457. The molecule has 0 aliphatic heterocycles. The highest BCUT2D eigenvalue weighted by atomic mass is 16.2. The Morgan fingerprint density at radius 1 is 1.56 bits per heavy atom. The fourth-order valence-electron chi connectivity index (χ4n) is 3.55. The van der Waals surface area contributed by atoms with Crippen LogP contribution in [0.5, 0.6) is 0 Å². The molecule has 0 aromatic carbocycles. The molecule has 2 aliphatic carbocycles. The first-order valence-electron chi connectivity index (χ1n) is 5.98. The second kappa shape index (κ2) is 3.55. The zero-order chi connectivity index (χ0) is 12.0. The van der Waals surface area contributed by atoms with Crippen molar-refractivity contribution in [1.29, 1.82) is 0 Å². The third kappa shape index (κ3) is 1.19. The fraction of sp³-hybridized carbons (Fsp3) is 0.833. The van der Waals surface area contributed by atoms with Gasteiger partial charge < -0.3 is 11.1 Å². The molecule has 0 unspecified atom stereocenters. The molecule has 16 heavy (non-hydrogen) atoms. The molecule has 2 fully saturated rings. The van der Waals surface area contributed by atoms with Gasteiger partial charge in [-0.05, 0) is 24.2 Å². The summed E-state index contributed by atoms with van der Waals surface area (Å²) in [5, 5.41) is 2.79. The van der Waals surface area contributed by atoms with E-state index in [-0.39, 0.29) is 17.1 Å². The lowest BCUT2D eigenvalue weighted by molar-refractivity contribution is -0.144. The molecule has 2 bridgehead atoms. The molecule has 2 aliphatic rings. The van der Waals surface area contributed by atoms with Crippen molar-refractivity contribution in [2.75, 3.05) is 13.1 Å². The molecule has 0 aromatic rings. The normalized spacial score (nSPS) is 35.4. The van der Waals surface area contributed by atoms with Crippen molar-refractivity contribution in [2.45, 2.75) is 33.1 Å². The third-order valence-electron chi connectivity index (χ3n) is 4.71. The number of hydrogen-bond donors (Lipinski definition) is 2. The number of fused-ring (bicyclic) bond motifs is 2. The first kappa shape index (κ1) is 11.6. The average molecular weight is 224 g/mol. The van der Waals surface area contributed by atoms with Crippen molar-refractivity contribution >= 4 is 11.7 Å². The van der Waals surface area contributed by atoms with Gasteiger partial charge in [-0.15, -0.1) is 0 Å². The maximum absolute atomic E-state index is 12.2. The molecule has 0 radical (unpaired) electrons. The summed E-state index contributed by atoms with van der Waals surface area (Å²) in [6, 6.07) is 0. The van der Waals surface area contributed by atoms with E-state index >= 15 is 0 Å². The minimum absolute atomic E-state index is 0.104. The van der Waals surface area contributed by atoms with Crippen molar-refractivity contribution in [3.63, 3.8) is 0 Å². The van der Waals surface area contributed by atoms with Crippen LogP contribution in [0.2, 0.25) is 0 Å². The summed E-state index contributed by atoms with van der Waals surface area (Å²) >= 11 is 0. The van der Waals surface area contributed by atoms with Crippen molar-refractivity contribution in [2.24, 2.45) is 22.5 Å². The molecule has 90 valence electrons. The molecule has 2 rings (SSSR count). The highest BCUT2D eigenvalue weighted by Crippen LogP contribution is 2.63. The van der Waals surface area contributed by atoms with Crippen LogP contribution in [0.25, 0.3) is 0 Å². The molecule has 2 saturated carbocycles. The van der Waals surface area contributed by atoms with Gasteiger partial charge in [-0.1, -0.05) is 13.8 Å². The summed E-state index contributed by atoms with van der Waals surface area (Å²) < 4.78 is 0. The zero-order valence-electron chi connectivity index (χ0n) is 10.0. The smallest absolute Gasteiger partial charge is 0.234 e. The van der Waals surface area contributed by atoms with Crippen LogP contribution in [0.4, 0.5) is 0 Å². The highest BCUT2D eigenvalue weighted by Gasteiger charge is 2.67. The van der Waals surface area contributed by atoms with E-state index in [9.17, 15) is 9.59 Å². The Labute approximate surface area is 96.0 Å². The van der Waals surface area contributed by atoms with Gasteiger partial charge >= 0.3 is 0 Å². The van der Waals surface area contributed by atoms with Crippen molar-refractivity contribution < 1.29 is 9.59 Å². The van der Waals surface area contributed by atoms with Crippen LogP contribution in [0, 0.1) is 16.7 Å². The number of hydrogen-bond acceptors (Lipinski definition) is 3. The zero-order valence-corrected chi connectivity index (χ0v) is 10.0. The molecule has 2 atom stereocenters. The summed E-state index contributed by atoms with van der Waals surface area (Å²) in [4.78, 5) is 24.3. The maximum Gasteiger partial charge on any atom is 0.234 e. The number of carbonyl (C=O) groups is 2. The van der Waals surface area contributed by atoms with E-state index in [1.54, 1.807) is 0 Å². The van der Waals surface area contributed by atoms with E-state index in [0.717, 1.165) is 6.42 Å². The van der Waals surface area contributed by atoms with E-state index in [1.165, 1.54) is 0 Å². The monoisotopic (exact) mass is 224 g/mol. The number of rotatable bonds is 3. The summed E-state index contributed by atoms with van der Waals surface area (Å²) in [5.41, 5.74) is 4.41. The lowest BCUT2D eigenvalue weighted by Crippen LogP contribution is -2.50. The Hall–Kier alpha value is -0.900. The van der Waals surface area contributed by atoms with Crippen LogP contribution in [-0.4, -0.2) is 24.8 Å². The molecular formula is C12H20N2O2. The molecule has 0 heterocycles. The van der Waals surface area contributed by atoms with Crippen LogP contribution >= 0.6 is 0 Å². The van der Waals surface area contributed by atoms with Crippen LogP contribution < -0.4 is 11.1 Å². The van der Waals surface area contributed by atoms with E-state index in [4.69, 9.17) is 5.73 Å². The summed E-state index contributed by atoms with van der Waals surface area (Å²) in [6.45, 7) is 4.98. The van der Waals surface area contributed by atoms with Gasteiger partial charge in [0.25, 0.3) is 0 Å². The first-order valence-corrected chi connectivity index (χ1v) is 5.98. The lowest BCUT2D eigenvalue weighted by Gasteiger charge is -2.34. The predicted molar refractivity (Wildman–Crippen MR) is 60.6 cm³/mol. The fourth-order valence-corrected chi connectivity index (χ4v) is 3.55. The molecule has 0 aromatic heterocycles. The lowest BCUT2D eigenvalue weighted by atomic mass is 9.68. The number of nitrogens with two attached hydrogens (primary N) is 1. The second-order valence-electron chi connectivity index (χ2n) is 5.53. The largest absolute Gasteiger partial charge is 0.354 e. The van der Waals surface area contributed by atoms with Crippen molar-refractivity contribution in [1.82, 2.24) is 5.32 Å². The molecule has 4 nitrogen and oxygen atoms in total. The van der Waals surface area contributed by atoms with Gasteiger partial charge in [0.1, 0.15) is 11.2 Å². The molecule has 3 N–H and O–H groups in total. The number of amides is 1. The van der Waals surface area contributed by atoms with Gasteiger partial charge in [0.2, 0.25) is 5.91 Å². The Morgan fingerprint density at radius 3 is 2.69 bits per heavy atom. The molecule has 1 amide bonds. The van der Waals surface area contributed by atoms with E-state index in [0.29, 0.717) is 31.8 Å². The standard InChI is InChI=1S/C12H20N2O2/c1-11(2)8-3-4-12(11,9(15)7-8)10(16)14-6-5-13/h8H,3-7,13H2,1-2H3,(H,14,16)/t8-,12-/m0/s1. The van der Waals surface area contributed by atoms with Gasteiger partial charge in [0, 0.05) is 19.5 Å². The molecular weight excluding hydrogens is 204 g/mol. The number of ketones is 1. The van der Waals surface area contributed by atoms with Crippen LogP contribution in [0.3, 0.4) is 0 Å². The molecule has 0 spiro atoms. The van der Waals surface area contributed by atoms with E-state index in [1.807, 2.05) is 0 Å². The minimum Gasteiger partial charge on any atom is -0.354 e. The number of nitrogens with one attached hydrogen (secondary N) is 1. The second-order valence-corrected chi connectivity index (χ2v) is 5.53. The van der Waals surface area contributed by atoms with Gasteiger partial charge in [0.05, 0.1) is 0 Å². The maximum atomic E-state index is 12.2. The highest BCUT2D eigenvalue weighted by molar-refractivity contribution is 6.09. The van der Waals surface area contributed by atoms with E-state index < -0.39 is 5.41 Å². The molecule has 4 heteroatoms. The Bertz CT molecular complexity index is 338. The summed E-state index contributed by atoms with van der Waals surface area (Å²) in [6.07, 6.45) is 2.28. The van der Waals surface area contributed by atoms with Gasteiger partial charge in [-0.2, -0.15) is 0 Å². The Balaban J connectivity index is 2.28. The topological polar surface area (TPSA) is 72.2 Å². The SMILES string of the molecule is CC1(C)[C@H]2CC[C@@]1(C(=O)NCCN)C(=O)C2. The van der Waals surface area contributed by atoms with E-state index in [2.05, 4.69) is 19.2 Å². The van der Waals surface area contributed by atoms with Crippen LogP contribution in [-0.2, 0) is 9.59 Å². The van der Waals surface area contributed by atoms with Crippen molar-refractivity contribution in [3.8, 4) is 0 Å². The minimum atomic E-state index is -0.771. The number of Topliss-reactive ketones (excluding diaryl/α,β-unsaturated/α-hetero) is 1. The Kier molecular flexibility index (Phi) is 2.57. The van der Waals surface area contributed by atoms with Gasteiger partial charge in [0.15, 0.2) is 0 Å². The first-order chi connectivity index (χ1) is 7.46. The summed E-state index contributed by atoms with van der Waals surface area (Å²) in [5.74, 6) is 0.403.